The third-order valence-corrected chi connectivity index (χ3v) is 4.18. The van der Waals surface area contributed by atoms with Gasteiger partial charge in [-0.05, 0) is 25.0 Å². The Bertz CT molecular complexity index is 471. The van der Waals surface area contributed by atoms with E-state index in [1.807, 2.05) is 0 Å². The molecule has 2 rings (SSSR count). The van der Waals surface area contributed by atoms with Crippen LogP contribution in [0.1, 0.15) is 36.0 Å². The largest absolute Gasteiger partial charge is 0.397 e. The number of anilines is 1. The Labute approximate surface area is 121 Å². The fourth-order valence-corrected chi connectivity index (χ4v) is 2.61. The standard InChI is InChI=1S/C13H16Cl2N2O2/c14-8-5-7(6-9(16)12(8)15)13(19)17-10-3-1-2-4-11(10)18/h5-6,10-11,18H,1-4,16H2,(H,17,19)/t10-,11-/m0/s1. The lowest BCUT2D eigenvalue weighted by Crippen LogP contribution is -2.45. The highest BCUT2D eigenvalue weighted by atomic mass is 35.5. The van der Waals surface area contributed by atoms with Crippen LogP contribution in [0.25, 0.3) is 0 Å². The van der Waals surface area contributed by atoms with Crippen LogP contribution < -0.4 is 11.1 Å². The van der Waals surface area contributed by atoms with E-state index in [0.717, 1.165) is 19.3 Å². The van der Waals surface area contributed by atoms with Gasteiger partial charge in [0.2, 0.25) is 0 Å². The zero-order valence-electron chi connectivity index (χ0n) is 10.3. The Morgan fingerprint density at radius 3 is 2.63 bits per heavy atom. The Kier molecular flexibility index (Phi) is 4.55. The smallest absolute Gasteiger partial charge is 0.251 e. The molecule has 0 spiro atoms. The number of aliphatic hydroxyl groups excluding tert-OH is 1. The van der Waals surface area contributed by atoms with Gasteiger partial charge in [-0.25, -0.2) is 0 Å². The number of carbonyl (C=O) groups excluding carboxylic acids is 1. The molecule has 104 valence electrons. The molecule has 0 radical (unpaired) electrons. The number of hydrogen-bond acceptors (Lipinski definition) is 3. The second kappa shape index (κ2) is 5.99. The van der Waals surface area contributed by atoms with Crippen LogP contribution in [-0.4, -0.2) is 23.2 Å². The quantitative estimate of drug-likeness (QED) is 0.735. The summed E-state index contributed by atoms with van der Waals surface area (Å²) in [4.78, 5) is 12.1. The van der Waals surface area contributed by atoms with E-state index >= 15 is 0 Å². The molecule has 6 heteroatoms. The van der Waals surface area contributed by atoms with Gasteiger partial charge in [0, 0.05) is 5.56 Å². The lowest BCUT2D eigenvalue weighted by molar-refractivity contribution is 0.0717. The first-order chi connectivity index (χ1) is 8.99. The molecule has 1 aromatic carbocycles. The van der Waals surface area contributed by atoms with Crippen LogP contribution in [0.4, 0.5) is 5.69 Å². The summed E-state index contributed by atoms with van der Waals surface area (Å²) in [5.74, 6) is -0.295. The summed E-state index contributed by atoms with van der Waals surface area (Å²) in [7, 11) is 0. The highest BCUT2D eigenvalue weighted by Crippen LogP contribution is 2.29. The van der Waals surface area contributed by atoms with Gasteiger partial charge in [-0.1, -0.05) is 36.0 Å². The first-order valence-corrected chi connectivity index (χ1v) is 6.98. The summed E-state index contributed by atoms with van der Waals surface area (Å²) in [5, 5.41) is 13.1. The third kappa shape index (κ3) is 3.32. The molecule has 0 bridgehead atoms. The van der Waals surface area contributed by atoms with Gasteiger partial charge < -0.3 is 16.2 Å². The van der Waals surface area contributed by atoms with Gasteiger partial charge in [-0.3, -0.25) is 4.79 Å². The second-order valence-corrected chi connectivity index (χ2v) is 5.58. The molecule has 0 heterocycles. The predicted octanol–water partition coefficient (Wildman–Crippen LogP) is 2.61. The summed E-state index contributed by atoms with van der Waals surface area (Å²) < 4.78 is 0. The molecular formula is C13H16Cl2N2O2. The fraction of sp³-hybridized carbons (Fsp3) is 0.462. The number of aliphatic hydroxyl groups is 1. The van der Waals surface area contributed by atoms with Crippen LogP contribution in [0.2, 0.25) is 10.0 Å². The SMILES string of the molecule is Nc1cc(C(=O)N[C@H]2CCCC[C@@H]2O)cc(Cl)c1Cl. The molecule has 0 unspecified atom stereocenters. The van der Waals surface area contributed by atoms with Crippen molar-refractivity contribution >= 4 is 34.8 Å². The van der Waals surface area contributed by atoms with Crippen molar-refractivity contribution in [2.24, 2.45) is 0 Å². The molecule has 19 heavy (non-hydrogen) atoms. The van der Waals surface area contributed by atoms with Crippen molar-refractivity contribution in [3.05, 3.63) is 27.7 Å². The molecule has 4 nitrogen and oxygen atoms in total. The first kappa shape index (κ1) is 14.4. The van der Waals surface area contributed by atoms with Crippen LogP contribution in [0, 0.1) is 0 Å². The van der Waals surface area contributed by atoms with E-state index in [-0.39, 0.29) is 27.7 Å². The normalized spacial score (nSPS) is 23.1. The van der Waals surface area contributed by atoms with E-state index < -0.39 is 6.10 Å². The van der Waals surface area contributed by atoms with Crippen LogP contribution in [0.15, 0.2) is 12.1 Å². The Hall–Kier alpha value is -0.970. The van der Waals surface area contributed by atoms with Gasteiger partial charge in [0.15, 0.2) is 0 Å². The zero-order chi connectivity index (χ0) is 14.0. The molecule has 1 fully saturated rings. The van der Waals surface area contributed by atoms with E-state index in [1.165, 1.54) is 12.1 Å². The predicted molar refractivity (Wildman–Crippen MR) is 76.6 cm³/mol. The monoisotopic (exact) mass is 302 g/mol. The lowest BCUT2D eigenvalue weighted by Gasteiger charge is -2.28. The van der Waals surface area contributed by atoms with Crippen molar-refractivity contribution in [1.29, 1.82) is 0 Å². The second-order valence-electron chi connectivity index (χ2n) is 4.79. The average Bonchev–Trinajstić information content (AvgIpc) is 2.38. The van der Waals surface area contributed by atoms with Gasteiger partial charge in [0.1, 0.15) is 0 Å². The summed E-state index contributed by atoms with van der Waals surface area (Å²) in [6.45, 7) is 0. The molecule has 1 aliphatic carbocycles. The molecule has 0 aromatic heterocycles. The molecule has 1 aliphatic rings. The summed E-state index contributed by atoms with van der Waals surface area (Å²) in [6, 6.07) is 2.75. The van der Waals surface area contributed by atoms with Gasteiger partial charge in [-0.15, -0.1) is 0 Å². The molecule has 0 saturated heterocycles. The van der Waals surface area contributed by atoms with Gasteiger partial charge in [0.05, 0.1) is 27.9 Å². The highest BCUT2D eigenvalue weighted by Gasteiger charge is 2.25. The number of nitrogen functional groups attached to an aromatic ring is 1. The number of nitrogens with one attached hydrogen (secondary N) is 1. The summed E-state index contributed by atoms with van der Waals surface area (Å²) in [5.41, 5.74) is 6.29. The number of halogens is 2. The van der Waals surface area contributed by atoms with Crippen molar-refractivity contribution in [2.75, 3.05) is 5.73 Å². The minimum atomic E-state index is -0.488. The maximum Gasteiger partial charge on any atom is 0.251 e. The van der Waals surface area contributed by atoms with Crippen molar-refractivity contribution in [2.45, 2.75) is 37.8 Å². The Morgan fingerprint density at radius 1 is 1.32 bits per heavy atom. The van der Waals surface area contributed by atoms with Crippen molar-refractivity contribution in [3.8, 4) is 0 Å². The van der Waals surface area contributed by atoms with Crippen LogP contribution in [-0.2, 0) is 0 Å². The van der Waals surface area contributed by atoms with E-state index in [4.69, 9.17) is 28.9 Å². The van der Waals surface area contributed by atoms with Crippen LogP contribution in [0.3, 0.4) is 0 Å². The van der Waals surface area contributed by atoms with Crippen molar-refractivity contribution in [3.63, 3.8) is 0 Å². The molecule has 1 aromatic rings. The minimum absolute atomic E-state index is 0.211. The number of nitrogens with two attached hydrogens (primary N) is 1. The van der Waals surface area contributed by atoms with E-state index in [1.54, 1.807) is 0 Å². The average molecular weight is 303 g/mol. The number of benzene rings is 1. The summed E-state index contributed by atoms with van der Waals surface area (Å²) >= 11 is 11.7. The lowest BCUT2D eigenvalue weighted by atomic mass is 9.92. The van der Waals surface area contributed by atoms with Crippen molar-refractivity contribution < 1.29 is 9.90 Å². The van der Waals surface area contributed by atoms with E-state index in [2.05, 4.69) is 5.32 Å². The Morgan fingerprint density at radius 2 is 2.00 bits per heavy atom. The number of carbonyl (C=O) groups is 1. The van der Waals surface area contributed by atoms with Gasteiger partial charge in [0.25, 0.3) is 5.91 Å². The maximum atomic E-state index is 12.1. The zero-order valence-corrected chi connectivity index (χ0v) is 11.8. The molecular weight excluding hydrogens is 287 g/mol. The van der Waals surface area contributed by atoms with E-state index in [9.17, 15) is 9.90 Å². The Balaban J connectivity index is 2.11. The van der Waals surface area contributed by atoms with Gasteiger partial charge in [-0.2, -0.15) is 0 Å². The molecule has 1 amide bonds. The molecule has 0 aliphatic heterocycles. The molecule has 4 N–H and O–H groups in total. The van der Waals surface area contributed by atoms with Crippen molar-refractivity contribution in [1.82, 2.24) is 5.32 Å². The number of hydrogen-bond donors (Lipinski definition) is 3. The summed E-state index contributed by atoms with van der Waals surface area (Å²) in [6.07, 6.45) is 3.01. The fourth-order valence-electron chi connectivity index (χ4n) is 2.27. The first-order valence-electron chi connectivity index (χ1n) is 6.22. The van der Waals surface area contributed by atoms with Gasteiger partial charge >= 0.3 is 0 Å². The highest BCUT2D eigenvalue weighted by molar-refractivity contribution is 6.43. The topological polar surface area (TPSA) is 75.4 Å². The maximum absolute atomic E-state index is 12.1. The minimum Gasteiger partial charge on any atom is -0.397 e. The number of rotatable bonds is 2. The van der Waals surface area contributed by atoms with E-state index in [0.29, 0.717) is 12.0 Å². The molecule has 2 atom stereocenters. The third-order valence-electron chi connectivity index (χ3n) is 3.36. The molecule has 1 saturated carbocycles. The van der Waals surface area contributed by atoms with Crippen LogP contribution in [0.5, 0.6) is 0 Å². The number of amides is 1. The van der Waals surface area contributed by atoms with Crippen LogP contribution >= 0.6 is 23.2 Å².